The summed E-state index contributed by atoms with van der Waals surface area (Å²) in [5.74, 6) is 0. The zero-order valence-electron chi connectivity index (χ0n) is 13.7. The molecule has 0 rings (SSSR count). The van der Waals surface area contributed by atoms with Crippen molar-refractivity contribution in [3.05, 3.63) is 0 Å². The van der Waals surface area contributed by atoms with Gasteiger partial charge in [-0.15, -0.1) is 0 Å². The SMILES string of the molecule is CCCCCCCCCCCCOC[CH2][Na].O=S(=O)(O)O. The van der Waals surface area contributed by atoms with Crippen molar-refractivity contribution in [2.75, 3.05) is 13.2 Å². The number of unbranched alkanes of at least 4 members (excludes halogenated alkanes) is 9. The predicted molar refractivity (Wildman–Crippen MR) is 87.4 cm³/mol. The average Bonchev–Trinajstić information content (AvgIpc) is 2.38. The van der Waals surface area contributed by atoms with Crippen LogP contribution in [0.25, 0.3) is 0 Å². The summed E-state index contributed by atoms with van der Waals surface area (Å²) in [5, 5.41) is 0. The molecule has 0 radical (unpaired) electrons. The first-order valence-corrected chi connectivity index (χ1v) is 11.0. The minimum Gasteiger partial charge on any atom is -0.264 e. The van der Waals surface area contributed by atoms with Crippen molar-refractivity contribution in [3.8, 4) is 0 Å². The van der Waals surface area contributed by atoms with Gasteiger partial charge in [0.1, 0.15) is 0 Å². The molecule has 0 saturated heterocycles. The Morgan fingerprint density at radius 1 is 0.810 bits per heavy atom. The van der Waals surface area contributed by atoms with Crippen LogP contribution in [-0.2, 0) is 15.1 Å². The molecule has 5 nitrogen and oxygen atoms in total. The van der Waals surface area contributed by atoms with Crippen molar-refractivity contribution in [1.82, 2.24) is 0 Å². The van der Waals surface area contributed by atoms with Crippen LogP contribution in [0.3, 0.4) is 0 Å². The van der Waals surface area contributed by atoms with E-state index in [1.54, 1.807) is 0 Å². The minimum atomic E-state index is -4.67. The third-order valence-corrected chi connectivity index (χ3v) is 3.40. The molecule has 124 valence electrons. The molecular formula is C14H31NaO5S. The Labute approximate surface area is 148 Å². The largest absolute Gasteiger partial charge is 0.394 e. The van der Waals surface area contributed by atoms with E-state index in [0.29, 0.717) is 0 Å². The predicted octanol–water partition coefficient (Wildman–Crippen LogP) is 3.86. The molecule has 0 fully saturated rings. The topological polar surface area (TPSA) is 83.8 Å². The normalized spacial score (nSPS) is 11.1. The number of hydrogen-bond donors (Lipinski definition) is 2. The van der Waals surface area contributed by atoms with Crippen LogP contribution in [0.15, 0.2) is 0 Å². The Kier molecular flexibility index (Phi) is 21.7. The van der Waals surface area contributed by atoms with Gasteiger partial charge < -0.3 is 0 Å². The third-order valence-electron chi connectivity index (χ3n) is 2.99. The van der Waals surface area contributed by atoms with Gasteiger partial charge in [-0.05, 0) is 0 Å². The standard InChI is InChI=1S/C14H29O.Na.H2O4S/c1-3-5-6-7-8-9-10-11-12-13-14-15-4-2;;1-5(2,3)4/h2-14H2,1H3;;(H2,1,2,3,4). The van der Waals surface area contributed by atoms with Gasteiger partial charge in [0, 0.05) is 0 Å². The van der Waals surface area contributed by atoms with E-state index in [1.807, 2.05) is 0 Å². The molecule has 0 aromatic heterocycles. The van der Waals surface area contributed by atoms with Crippen molar-refractivity contribution in [2.24, 2.45) is 0 Å². The van der Waals surface area contributed by atoms with Gasteiger partial charge in [-0.3, -0.25) is 9.11 Å². The fraction of sp³-hybridized carbons (Fsp3) is 1.00. The first-order chi connectivity index (χ1) is 9.91. The molecule has 0 aliphatic heterocycles. The third kappa shape index (κ3) is 38.6. The summed E-state index contributed by atoms with van der Waals surface area (Å²) in [6.07, 6.45) is 14.1. The summed E-state index contributed by atoms with van der Waals surface area (Å²) < 4.78 is 38.4. The van der Waals surface area contributed by atoms with Crippen LogP contribution in [0.5, 0.6) is 0 Å². The molecule has 21 heavy (non-hydrogen) atoms. The summed E-state index contributed by atoms with van der Waals surface area (Å²) in [7, 11) is -4.67. The molecule has 0 atom stereocenters. The van der Waals surface area contributed by atoms with Gasteiger partial charge in [0.15, 0.2) is 0 Å². The van der Waals surface area contributed by atoms with E-state index in [4.69, 9.17) is 22.3 Å². The molecule has 7 heteroatoms. The summed E-state index contributed by atoms with van der Waals surface area (Å²) in [5.41, 5.74) is 0. The summed E-state index contributed by atoms with van der Waals surface area (Å²) in [6, 6.07) is 0. The maximum atomic E-state index is 8.74. The Morgan fingerprint density at radius 3 is 1.57 bits per heavy atom. The Balaban J connectivity index is 0. The monoisotopic (exact) mass is 334 g/mol. The first kappa shape index (κ1) is 24.1. The fourth-order valence-electron chi connectivity index (χ4n) is 1.94. The molecular weight excluding hydrogens is 303 g/mol. The first-order valence-electron chi connectivity index (χ1n) is 8.19. The Hall–Kier alpha value is 0.830. The fourth-order valence-corrected chi connectivity index (χ4v) is 2.23. The second-order valence-corrected chi connectivity index (χ2v) is 7.14. The Bertz CT molecular complexity index is 261. The molecule has 2 N–H and O–H groups in total. The van der Waals surface area contributed by atoms with Gasteiger partial charge in [0.2, 0.25) is 0 Å². The molecule has 0 aliphatic rings. The quantitative estimate of drug-likeness (QED) is 0.303. The van der Waals surface area contributed by atoms with Crippen LogP contribution >= 0.6 is 0 Å². The van der Waals surface area contributed by atoms with E-state index in [0.717, 1.165) is 13.2 Å². The number of rotatable bonds is 13. The van der Waals surface area contributed by atoms with Gasteiger partial charge in [-0.1, -0.05) is 19.8 Å². The molecule has 0 heterocycles. The van der Waals surface area contributed by atoms with Gasteiger partial charge in [0.05, 0.1) is 0 Å². The van der Waals surface area contributed by atoms with Crippen molar-refractivity contribution in [1.29, 1.82) is 0 Å². The van der Waals surface area contributed by atoms with Gasteiger partial charge in [-0.2, -0.15) is 8.42 Å². The van der Waals surface area contributed by atoms with Crippen molar-refractivity contribution < 1.29 is 22.3 Å². The Morgan fingerprint density at radius 2 is 1.19 bits per heavy atom. The summed E-state index contributed by atoms with van der Waals surface area (Å²) >= 11 is 1.29. The molecule has 0 aliphatic carbocycles. The maximum absolute atomic E-state index is 8.74. The van der Waals surface area contributed by atoms with Crippen molar-refractivity contribution in [2.45, 2.75) is 74.8 Å². The van der Waals surface area contributed by atoms with Crippen LogP contribution in [0.1, 0.15) is 71.1 Å². The molecule has 0 aromatic rings. The van der Waals surface area contributed by atoms with E-state index >= 15 is 0 Å². The number of ether oxygens (including phenoxy) is 1. The van der Waals surface area contributed by atoms with Crippen LogP contribution in [0.4, 0.5) is 0 Å². The zero-order chi connectivity index (χ0) is 16.4. The smallest absolute Gasteiger partial charge is 0.264 e. The van der Waals surface area contributed by atoms with E-state index in [1.165, 1.54) is 95.8 Å². The minimum absolute atomic E-state index is 0.999. The van der Waals surface area contributed by atoms with E-state index in [9.17, 15) is 0 Å². The van der Waals surface area contributed by atoms with Gasteiger partial charge >= 0.3 is 111 Å². The second-order valence-electron chi connectivity index (χ2n) is 5.24. The second kappa shape index (κ2) is 18.9. The maximum Gasteiger partial charge on any atom is 0.394 e. The molecule has 0 aromatic carbocycles. The average molecular weight is 334 g/mol. The molecule has 0 spiro atoms. The van der Waals surface area contributed by atoms with E-state index in [2.05, 4.69) is 6.92 Å². The summed E-state index contributed by atoms with van der Waals surface area (Å²) in [4.78, 5) is 0. The van der Waals surface area contributed by atoms with Crippen LogP contribution in [-0.4, -0.2) is 58.7 Å². The van der Waals surface area contributed by atoms with Gasteiger partial charge in [0.25, 0.3) is 0 Å². The van der Waals surface area contributed by atoms with Crippen LogP contribution in [0, 0.1) is 0 Å². The molecule has 0 unspecified atom stereocenters. The van der Waals surface area contributed by atoms with E-state index in [-0.39, 0.29) is 0 Å². The van der Waals surface area contributed by atoms with Crippen molar-refractivity contribution in [3.63, 3.8) is 0 Å². The molecule has 0 amide bonds. The summed E-state index contributed by atoms with van der Waals surface area (Å²) in [6.45, 7) is 4.28. The van der Waals surface area contributed by atoms with E-state index < -0.39 is 10.4 Å². The van der Waals surface area contributed by atoms with Crippen LogP contribution < -0.4 is 0 Å². The molecule has 0 saturated carbocycles. The number of hydrogen-bond acceptors (Lipinski definition) is 3. The zero-order valence-corrected chi connectivity index (χ0v) is 16.5. The molecule has 0 bridgehead atoms. The van der Waals surface area contributed by atoms with Gasteiger partial charge in [-0.25, -0.2) is 0 Å². The van der Waals surface area contributed by atoms with Crippen LogP contribution in [0.2, 0.25) is 3.67 Å². The van der Waals surface area contributed by atoms with Crippen molar-refractivity contribution >= 4 is 38.3 Å².